The van der Waals surface area contributed by atoms with E-state index in [1.54, 1.807) is 6.08 Å². The van der Waals surface area contributed by atoms with Crippen LogP contribution in [0.1, 0.15) is 13.3 Å². The molecule has 0 radical (unpaired) electrons. The highest BCUT2D eigenvalue weighted by Crippen LogP contribution is 2.17. The van der Waals surface area contributed by atoms with Gasteiger partial charge in [-0.3, -0.25) is 0 Å². The smallest absolute Gasteiger partial charge is 0.211 e. The summed E-state index contributed by atoms with van der Waals surface area (Å²) in [5.74, 6) is 0. The number of allylic oxidation sites excluding steroid dienone is 3. The second-order valence-electron chi connectivity index (χ2n) is 2.82. The Bertz CT molecular complexity index is 293. The molecule has 1 atom stereocenters. The molecular weight excluding hydrogens is 150 g/mol. The molecule has 1 aliphatic carbocycles. The van der Waals surface area contributed by atoms with Crippen LogP contribution in [0.15, 0.2) is 40.9 Å². The second kappa shape index (κ2) is 3.84. The standard InChI is InChI=1S/C10H11NO/c1-8(2)9-3-5-10(6-4-9)11-7-12/h3-5,10H,1,6H2,2H3. The van der Waals surface area contributed by atoms with Gasteiger partial charge in [-0.1, -0.05) is 30.4 Å². The van der Waals surface area contributed by atoms with Crippen molar-refractivity contribution in [1.29, 1.82) is 0 Å². The lowest BCUT2D eigenvalue weighted by molar-refractivity contribution is 0.560. The van der Waals surface area contributed by atoms with Gasteiger partial charge in [0.05, 0.1) is 6.04 Å². The predicted molar refractivity (Wildman–Crippen MR) is 48.6 cm³/mol. The lowest BCUT2D eigenvalue weighted by atomic mass is 9.99. The van der Waals surface area contributed by atoms with Crippen LogP contribution in [0.25, 0.3) is 0 Å². The quantitative estimate of drug-likeness (QED) is 0.450. The van der Waals surface area contributed by atoms with Crippen molar-refractivity contribution in [3.63, 3.8) is 0 Å². The Morgan fingerprint density at radius 3 is 3.00 bits per heavy atom. The molecule has 1 aliphatic rings. The summed E-state index contributed by atoms with van der Waals surface area (Å²) >= 11 is 0. The molecule has 0 saturated carbocycles. The molecule has 0 amide bonds. The van der Waals surface area contributed by atoms with Gasteiger partial charge in [0, 0.05) is 0 Å². The summed E-state index contributed by atoms with van der Waals surface area (Å²) in [6.07, 6.45) is 8.20. The van der Waals surface area contributed by atoms with Crippen LogP contribution in [0.4, 0.5) is 0 Å². The first-order valence-corrected chi connectivity index (χ1v) is 3.85. The molecule has 0 spiro atoms. The van der Waals surface area contributed by atoms with Crippen molar-refractivity contribution in [3.05, 3.63) is 36.0 Å². The fourth-order valence-electron chi connectivity index (χ4n) is 1.09. The van der Waals surface area contributed by atoms with E-state index in [0.717, 1.165) is 17.6 Å². The van der Waals surface area contributed by atoms with Gasteiger partial charge in [-0.25, -0.2) is 4.79 Å². The van der Waals surface area contributed by atoms with E-state index in [1.165, 1.54) is 0 Å². The lowest BCUT2D eigenvalue weighted by Crippen LogP contribution is -2.02. The van der Waals surface area contributed by atoms with Crippen molar-refractivity contribution in [2.75, 3.05) is 0 Å². The predicted octanol–water partition coefficient (Wildman–Crippen LogP) is 2.15. The van der Waals surface area contributed by atoms with E-state index < -0.39 is 0 Å². The molecule has 2 nitrogen and oxygen atoms in total. The Morgan fingerprint density at radius 1 is 1.83 bits per heavy atom. The van der Waals surface area contributed by atoms with Gasteiger partial charge < -0.3 is 0 Å². The van der Waals surface area contributed by atoms with Gasteiger partial charge in [-0.05, 0) is 18.9 Å². The molecule has 0 aliphatic heterocycles. The summed E-state index contributed by atoms with van der Waals surface area (Å²) in [4.78, 5) is 13.5. The first-order chi connectivity index (χ1) is 5.74. The van der Waals surface area contributed by atoms with Crippen LogP contribution in [-0.2, 0) is 4.79 Å². The van der Waals surface area contributed by atoms with Crippen LogP contribution < -0.4 is 0 Å². The minimum atomic E-state index is -0.0226. The van der Waals surface area contributed by atoms with Crippen molar-refractivity contribution in [2.24, 2.45) is 4.99 Å². The summed E-state index contributed by atoms with van der Waals surface area (Å²) < 4.78 is 0. The maximum Gasteiger partial charge on any atom is 0.235 e. The normalized spacial score (nSPS) is 21.1. The molecule has 0 N–H and O–H groups in total. The van der Waals surface area contributed by atoms with Crippen molar-refractivity contribution in [1.82, 2.24) is 0 Å². The third-order valence-corrected chi connectivity index (χ3v) is 1.79. The van der Waals surface area contributed by atoms with E-state index in [2.05, 4.69) is 11.6 Å². The van der Waals surface area contributed by atoms with E-state index in [1.807, 2.05) is 25.2 Å². The van der Waals surface area contributed by atoms with Gasteiger partial charge in [0.15, 0.2) is 0 Å². The van der Waals surface area contributed by atoms with E-state index in [-0.39, 0.29) is 6.04 Å². The molecule has 0 bridgehead atoms. The number of carbonyl (C=O) groups excluding carboxylic acids is 1. The second-order valence-corrected chi connectivity index (χ2v) is 2.82. The van der Waals surface area contributed by atoms with Crippen molar-refractivity contribution in [2.45, 2.75) is 19.4 Å². The van der Waals surface area contributed by atoms with E-state index in [9.17, 15) is 4.79 Å². The fraction of sp³-hybridized carbons (Fsp3) is 0.300. The van der Waals surface area contributed by atoms with E-state index >= 15 is 0 Å². The van der Waals surface area contributed by atoms with Gasteiger partial charge in [-0.2, -0.15) is 4.99 Å². The van der Waals surface area contributed by atoms with Gasteiger partial charge >= 0.3 is 0 Å². The maximum absolute atomic E-state index is 9.92. The average molecular weight is 161 g/mol. The molecule has 0 heterocycles. The number of hydrogen-bond donors (Lipinski definition) is 0. The fourth-order valence-corrected chi connectivity index (χ4v) is 1.09. The Labute approximate surface area is 72.0 Å². The zero-order chi connectivity index (χ0) is 8.97. The summed E-state index contributed by atoms with van der Waals surface area (Å²) in [6.45, 7) is 5.78. The molecule has 12 heavy (non-hydrogen) atoms. The largest absolute Gasteiger partial charge is 0.235 e. The Hall–Kier alpha value is -1.40. The lowest BCUT2D eigenvalue weighted by Gasteiger charge is -2.10. The highest BCUT2D eigenvalue weighted by molar-refractivity contribution is 5.41. The minimum absolute atomic E-state index is 0.0226. The van der Waals surface area contributed by atoms with Crippen molar-refractivity contribution in [3.8, 4) is 0 Å². The molecule has 2 heteroatoms. The third-order valence-electron chi connectivity index (χ3n) is 1.79. The van der Waals surface area contributed by atoms with Crippen molar-refractivity contribution >= 4 is 6.08 Å². The summed E-state index contributed by atoms with van der Waals surface area (Å²) in [6, 6.07) is -0.0226. The van der Waals surface area contributed by atoms with Gasteiger partial charge in [-0.15, -0.1) is 0 Å². The van der Waals surface area contributed by atoms with E-state index in [4.69, 9.17) is 0 Å². The van der Waals surface area contributed by atoms with Crippen LogP contribution in [0.2, 0.25) is 0 Å². The number of hydrogen-bond acceptors (Lipinski definition) is 2. The maximum atomic E-state index is 9.92. The number of isocyanates is 1. The van der Waals surface area contributed by atoms with Crippen LogP contribution in [0.5, 0.6) is 0 Å². The molecule has 0 saturated heterocycles. The Morgan fingerprint density at radius 2 is 2.58 bits per heavy atom. The zero-order valence-electron chi connectivity index (χ0n) is 7.08. The van der Waals surface area contributed by atoms with Gasteiger partial charge in [0.1, 0.15) is 0 Å². The molecular formula is C10H11NO. The van der Waals surface area contributed by atoms with Crippen LogP contribution >= 0.6 is 0 Å². The first kappa shape index (κ1) is 8.69. The molecule has 0 fully saturated rings. The van der Waals surface area contributed by atoms with Gasteiger partial charge in [0.2, 0.25) is 6.08 Å². The monoisotopic (exact) mass is 161 g/mol. The molecule has 0 aromatic carbocycles. The highest BCUT2D eigenvalue weighted by Gasteiger charge is 2.06. The Balaban J connectivity index is 2.67. The SMILES string of the molecule is C=C(C)C1=CCC(N=C=O)C=C1. The Kier molecular flexibility index (Phi) is 2.78. The molecule has 1 rings (SSSR count). The molecule has 0 aromatic heterocycles. The van der Waals surface area contributed by atoms with Crippen LogP contribution in [-0.4, -0.2) is 12.1 Å². The molecule has 0 aromatic rings. The number of rotatable bonds is 2. The third kappa shape index (κ3) is 2.04. The topological polar surface area (TPSA) is 29.4 Å². The van der Waals surface area contributed by atoms with Gasteiger partial charge in [0.25, 0.3) is 0 Å². The minimum Gasteiger partial charge on any atom is -0.211 e. The molecule has 62 valence electrons. The van der Waals surface area contributed by atoms with Crippen LogP contribution in [0.3, 0.4) is 0 Å². The zero-order valence-corrected chi connectivity index (χ0v) is 7.08. The molecule has 1 unspecified atom stereocenters. The van der Waals surface area contributed by atoms with Crippen LogP contribution in [0, 0.1) is 0 Å². The average Bonchev–Trinajstić information content (AvgIpc) is 2.06. The summed E-state index contributed by atoms with van der Waals surface area (Å²) in [7, 11) is 0. The summed E-state index contributed by atoms with van der Waals surface area (Å²) in [5, 5.41) is 0. The van der Waals surface area contributed by atoms with Crippen molar-refractivity contribution < 1.29 is 4.79 Å². The first-order valence-electron chi connectivity index (χ1n) is 3.85. The number of nitrogens with zero attached hydrogens (tertiary/aromatic N) is 1. The number of aliphatic imine (C=N–C) groups is 1. The summed E-state index contributed by atoms with van der Waals surface area (Å²) in [5.41, 5.74) is 2.17. The van der Waals surface area contributed by atoms with E-state index in [0.29, 0.717) is 0 Å². The highest BCUT2D eigenvalue weighted by atomic mass is 16.1.